The molecule has 7 nitrogen and oxygen atoms in total. The summed E-state index contributed by atoms with van der Waals surface area (Å²) < 4.78 is 9.62. The zero-order valence-electron chi connectivity index (χ0n) is 11.2. The molecule has 0 fully saturated rings. The molecular formula is C13H16N2O5. The predicted octanol–water partition coefficient (Wildman–Crippen LogP) is 0.221. The van der Waals surface area contributed by atoms with Crippen LogP contribution in [0.15, 0.2) is 29.3 Å². The largest absolute Gasteiger partial charge is 0.496 e. The van der Waals surface area contributed by atoms with Crippen LogP contribution < -0.4 is 10.5 Å². The molecule has 1 rings (SSSR count). The number of benzene rings is 1. The van der Waals surface area contributed by atoms with Crippen molar-refractivity contribution in [1.82, 2.24) is 0 Å². The molecule has 108 valence electrons. The molecule has 0 heterocycles. The van der Waals surface area contributed by atoms with Crippen molar-refractivity contribution in [3.63, 3.8) is 0 Å². The van der Waals surface area contributed by atoms with Crippen LogP contribution in [-0.4, -0.2) is 43.0 Å². The molecule has 0 aliphatic carbocycles. The number of esters is 1. The fraction of sp³-hybridized carbons (Fsp3) is 0.308. The van der Waals surface area contributed by atoms with Gasteiger partial charge in [-0.3, -0.25) is 9.79 Å². The summed E-state index contributed by atoms with van der Waals surface area (Å²) in [6.45, 7) is 0.0649. The Morgan fingerprint density at radius 1 is 1.35 bits per heavy atom. The smallest absolute Gasteiger partial charge is 0.354 e. The monoisotopic (exact) mass is 280 g/mol. The number of aliphatic carboxylic acids is 1. The minimum atomic E-state index is -1.53. The summed E-state index contributed by atoms with van der Waals surface area (Å²) in [4.78, 5) is 26.3. The molecule has 0 spiro atoms. The average molecular weight is 280 g/mol. The highest BCUT2D eigenvalue weighted by Gasteiger charge is 2.26. The lowest BCUT2D eigenvalue weighted by molar-refractivity contribution is -0.139. The van der Waals surface area contributed by atoms with Crippen LogP contribution in [0.2, 0.25) is 0 Å². The fourth-order valence-corrected chi connectivity index (χ4v) is 1.52. The number of carboxylic acids is 1. The summed E-state index contributed by atoms with van der Waals surface area (Å²) in [6.07, 6.45) is 0. The van der Waals surface area contributed by atoms with Gasteiger partial charge in [0.25, 0.3) is 0 Å². The Balaban J connectivity index is 3.03. The van der Waals surface area contributed by atoms with Crippen molar-refractivity contribution in [2.24, 2.45) is 10.7 Å². The number of para-hydroxylation sites is 1. The first-order chi connectivity index (χ1) is 9.51. The van der Waals surface area contributed by atoms with Crippen LogP contribution in [0, 0.1) is 0 Å². The van der Waals surface area contributed by atoms with Gasteiger partial charge in [-0.1, -0.05) is 18.2 Å². The quantitative estimate of drug-likeness (QED) is 0.569. The second-order valence-electron chi connectivity index (χ2n) is 3.82. The predicted molar refractivity (Wildman–Crippen MR) is 71.8 cm³/mol. The van der Waals surface area contributed by atoms with Gasteiger partial charge < -0.3 is 20.3 Å². The van der Waals surface area contributed by atoms with Crippen molar-refractivity contribution in [1.29, 1.82) is 0 Å². The summed E-state index contributed by atoms with van der Waals surface area (Å²) in [5.41, 5.74) is 5.77. The van der Waals surface area contributed by atoms with Crippen LogP contribution in [0.25, 0.3) is 0 Å². The number of carboxylic acid groups (broad SMARTS) is 1. The van der Waals surface area contributed by atoms with Crippen LogP contribution in [-0.2, 0) is 20.9 Å². The van der Waals surface area contributed by atoms with Gasteiger partial charge in [0, 0.05) is 5.56 Å². The molecule has 0 bridgehead atoms. The molecule has 0 amide bonds. The molecule has 1 unspecified atom stereocenters. The number of ether oxygens (including phenoxy) is 2. The number of nitrogens with two attached hydrogens (primary N) is 1. The van der Waals surface area contributed by atoms with Gasteiger partial charge in [-0.25, -0.2) is 4.79 Å². The Morgan fingerprint density at radius 2 is 2.00 bits per heavy atom. The van der Waals surface area contributed by atoms with Gasteiger partial charge in [0.05, 0.1) is 20.8 Å². The highest BCUT2D eigenvalue weighted by Crippen LogP contribution is 2.18. The molecule has 1 aromatic carbocycles. The average Bonchev–Trinajstić information content (AvgIpc) is 2.47. The van der Waals surface area contributed by atoms with E-state index in [1.54, 1.807) is 24.3 Å². The Morgan fingerprint density at radius 3 is 2.55 bits per heavy atom. The lowest BCUT2D eigenvalue weighted by Crippen LogP contribution is -2.43. The number of methoxy groups -OCH3 is 2. The van der Waals surface area contributed by atoms with Crippen molar-refractivity contribution in [2.45, 2.75) is 12.6 Å². The van der Waals surface area contributed by atoms with E-state index >= 15 is 0 Å². The number of aliphatic imine (C=N–C) groups is 1. The van der Waals surface area contributed by atoms with Crippen molar-refractivity contribution in [2.75, 3.05) is 14.2 Å². The highest BCUT2D eigenvalue weighted by atomic mass is 16.5. The molecule has 1 atom stereocenters. The molecule has 0 aliphatic heterocycles. The third-order valence-electron chi connectivity index (χ3n) is 2.57. The standard InChI is InChI=1S/C13H16N2O5/c1-19-9-6-4-3-5-8(9)7-15-11(13(18)20-2)10(14)12(16)17/h3-6,10H,7,14H2,1-2H3,(H,16,17). The first kappa shape index (κ1) is 15.6. The first-order valence-electron chi connectivity index (χ1n) is 5.74. The summed E-state index contributed by atoms with van der Waals surface area (Å²) in [5, 5.41) is 8.86. The van der Waals surface area contributed by atoms with E-state index in [1.807, 2.05) is 0 Å². The zero-order chi connectivity index (χ0) is 15.1. The van der Waals surface area contributed by atoms with Crippen molar-refractivity contribution in [3.05, 3.63) is 29.8 Å². The zero-order valence-corrected chi connectivity index (χ0v) is 11.2. The van der Waals surface area contributed by atoms with Gasteiger partial charge in [-0.05, 0) is 6.07 Å². The Bertz CT molecular complexity index is 527. The number of carbonyl (C=O) groups excluding carboxylic acids is 1. The van der Waals surface area contributed by atoms with Crippen molar-refractivity contribution in [3.8, 4) is 5.75 Å². The van der Waals surface area contributed by atoms with Crippen molar-refractivity contribution >= 4 is 17.7 Å². The molecule has 0 aliphatic rings. The number of hydrogen-bond acceptors (Lipinski definition) is 6. The summed E-state index contributed by atoms with van der Waals surface area (Å²) in [6, 6.07) is 5.53. The topological polar surface area (TPSA) is 111 Å². The fourth-order valence-electron chi connectivity index (χ4n) is 1.52. The van der Waals surface area contributed by atoms with E-state index in [4.69, 9.17) is 15.6 Å². The van der Waals surface area contributed by atoms with E-state index in [9.17, 15) is 9.59 Å². The number of rotatable bonds is 6. The molecule has 3 N–H and O–H groups in total. The Hall–Kier alpha value is -2.41. The summed E-state index contributed by atoms with van der Waals surface area (Å²) >= 11 is 0. The normalized spacial score (nSPS) is 12.7. The summed E-state index contributed by atoms with van der Waals surface area (Å²) in [5.74, 6) is -1.63. The Kier molecular flexibility index (Phi) is 5.67. The maximum absolute atomic E-state index is 11.5. The second-order valence-corrected chi connectivity index (χ2v) is 3.82. The van der Waals surface area contributed by atoms with Gasteiger partial charge in [0.15, 0.2) is 6.04 Å². The van der Waals surface area contributed by atoms with E-state index in [0.29, 0.717) is 11.3 Å². The van der Waals surface area contributed by atoms with Gasteiger partial charge in [-0.15, -0.1) is 0 Å². The van der Waals surface area contributed by atoms with E-state index < -0.39 is 18.0 Å². The molecule has 0 aromatic heterocycles. The van der Waals surface area contributed by atoms with Gasteiger partial charge in [0.1, 0.15) is 11.5 Å². The third kappa shape index (κ3) is 3.79. The molecule has 0 radical (unpaired) electrons. The van der Waals surface area contributed by atoms with E-state index in [2.05, 4.69) is 9.73 Å². The molecule has 20 heavy (non-hydrogen) atoms. The van der Waals surface area contributed by atoms with Crippen LogP contribution in [0.1, 0.15) is 5.56 Å². The van der Waals surface area contributed by atoms with Crippen LogP contribution in [0.3, 0.4) is 0 Å². The minimum Gasteiger partial charge on any atom is -0.496 e. The number of hydrogen-bond donors (Lipinski definition) is 2. The molecular weight excluding hydrogens is 264 g/mol. The van der Waals surface area contributed by atoms with Gasteiger partial charge in [0.2, 0.25) is 0 Å². The van der Waals surface area contributed by atoms with Gasteiger partial charge >= 0.3 is 11.9 Å². The SMILES string of the molecule is COC(=O)C(=NCc1ccccc1OC)C(N)C(=O)O. The first-order valence-corrected chi connectivity index (χ1v) is 5.74. The minimum absolute atomic E-state index is 0.0649. The van der Waals surface area contributed by atoms with Crippen LogP contribution in [0.5, 0.6) is 5.75 Å². The third-order valence-corrected chi connectivity index (χ3v) is 2.57. The lowest BCUT2D eigenvalue weighted by atomic mass is 10.1. The van der Waals surface area contributed by atoms with Crippen molar-refractivity contribution < 1.29 is 24.2 Å². The van der Waals surface area contributed by atoms with Gasteiger partial charge in [-0.2, -0.15) is 0 Å². The maximum Gasteiger partial charge on any atom is 0.354 e. The van der Waals surface area contributed by atoms with E-state index in [1.165, 1.54) is 7.11 Å². The molecule has 0 saturated carbocycles. The molecule has 0 saturated heterocycles. The second kappa shape index (κ2) is 7.25. The Labute approximate surface area is 116 Å². The number of nitrogens with zero attached hydrogens (tertiary/aromatic N) is 1. The van der Waals surface area contributed by atoms with E-state index in [-0.39, 0.29) is 12.3 Å². The van der Waals surface area contributed by atoms with E-state index in [0.717, 1.165) is 7.11 Å². The lowest BCUT2D eigenvalue weighted by Gasteiger charge is -2.10. The maximum atomic E-state index is 11.5. The highest BCUT2D eigenvalue weighted by molar-refractivity contribution is 6.42. The molecule has 1 aromatic rings. The molecule has 7 heteroatoms. The number of carbonyl (C=O) groups is 2. The van der Waals surface area contributed by atoms with Crippen LogP contribution in [0.4, 0.5) is 0 Å². The van der Waals surface area contributed by atoms with Crippen LogP contribution >= 0.6 is 0 Å². The summed E-state index contributed by atoms with van der Waals surface area (Å²) in [7, 11) is 2.64.